The minimum Gasteiger partial charge on any atom is -0.461 e. The number of ether oxygens (including phenoxy) is 1. The molecule has 0 saturated carbocycles. The number of aromatic nitrogens is 3. The average molecular weight is 219 g/mol. The minimum atomic E-state index is -0.505. The summed E-state index contributed by atoms with van der Waals surface area (Å²) in [4.78, 5) is 19.0. The van der Waals surface area contributed by atoms with Gasteiger partial charge in [0.1, 0.15) is 6.33 Å². The summed E-state index contributed by atoms with van der Waals surface area (Å²) in [5, 5.41) is 3.61. The molecule has 0 amide bonds. The molecule has 0 spiro atoms. The van der Waals surface area contributed by atoms with Gasteiger partial charge in [-0.25, -0.2) is 14.8 Å². The van der Waals surface area contributed by atoms with Crippen LogP contribution in [0.15, 0.2) is 29.3 Å². The van der Waals surface area contributed by atoms with Crippen molar-refractivity contribution in [1.29, 1.82) is 0 Å². The number of hydrogen-bond donors (Lipinski definition) is 0. The first-order valence-corrected chi connectivity index (χ1v) is 4.70. The standard InChI is InChI=1S/C10H9N3O3/c1-2-15-10(14)8-3-9(16-13-8)7-4-11-6-12-5-7/h3-6H,2H2,1H3. The Morgan fingerprint density at radius 2 is 2.19 bits per heavy atom. The molecule has 82 valence electrons. The van der Waals surface area contributed by atoms with Gasteiger partial charge in [0, 0.05) is 18.5 Å². The Kier molecular flexibility index (Phi) is 2.90. The van der Waals surface area contributed by atoms with Crippen molar-refractivity contribution in [3.05, 3.63) is 30.5 Å². The van der Waals surface area contributed by atoms with Crippen LogP contribution in [0.1, 0.15) is 17.4 Å². The van der Waals surface area contributed by atoms with Crippen molar-refractivity contribution in [3.63, 3.8) is 0 Å². The predicted molar refractivity (Wildman–Crippen MR) is 53.5 cm³/mol. The predicted octanol–water partition coefficient (Wildman–Crippen LogP) is 1.31. The molecular formula is C10H9N3O3. The smallest absolute Gasteiger partial charge is 0.360 e. The zero-order valence-corrected chi connectivity index (χ0v) is 8.58. The number of carbonyl (C=O) groups is 1. The average Bonchev–Trinajstić information content (AvgIpc) is 2.80. The molecule has 16 heavy (non-hydrogen) atoms. The van der Waals surface area contributed by atoms with E-state index in [4.69, 9.17) is 9.26 Å². The van der Waals surface area contributed by atoms with Gasteiger partial charge in [0.25, 0.3) is 0 Å². The summed E-state index contributed by atoms with van der Waals surface area (Å²) in [6.07, 6.45) is 4.55. The van der Waals surface area contributed by atoms with Gasteiger partial charge in [-0.2, -0.15) is 0 Å². The van der Waals surface area contributed by atoms with Crippen molar-refractivity contribution < 1.29 is 14.1 Å². The molecule has 0 fully saturated rings. The molecular weight excluding hydrogens is 210 g/mol. The fourth-order valence-corrected chi connectivity index (χ4v) is 1.14. The second kappa shape index (κ2) is 4.52. The quantitative estimate of drug-likeness (QED) is 0.724. The van der Waals surface area contributed by atoms with Gasteiger partial charge in [-0.05, 0) is 6.92 Å². The maximum absolute atomic E-state index is 11.3. The maximum atomic E-state index is 11.3. The summed E-state index contributed by atoms with van der Waals surface area (Å²) in [5.74, 6) is -0.0713. The largest absolute Gasteiger partial charge is 0.461 e. The van der Waals surface area contributed by atoms with Crippen LogP contribution in [0.4, 0.5) is 0 Å². The molecule has 0 atom stereocenters. The Hall–Kier alpha value is -2.24. The summed E-state index contributed by atoms with van der Waals surface area (Å²) in [7, 11) is 0. The monoisotopic (exact) mass is 219 g/mol. The first kappa shape index (κ1) is 10.3. The number of hydrogen-bond acceptors (Lipinski definition) is 6. The lowest BCUT2D eigenvalue weighted by molar-refractivity contribution is 0.0514. The molecule has 0 bridgehead atoms. The van der Waals surface area contributed by atoms with E-state index in [2.05, 4.69) is 15.1 Å². The molecule has 2 heterocycles. The molecule has 0 saturated heterocycles. The van der Waals surface area contributed by atoms with Gasteiger partial charge in [-0.1, -0.05) is 5.16 Å². The number of nitrogens with zero attached hydrogens (tertiary/aromatic N) is 3. The highest BCUT2D eigenvalue weighted by atomic mass is 16.5. The van der Waals surface area contributed by atoms with Crippen molar-refractivity contribution in [2.45, 2.75) is 6.92 Å². The lowest BCUT2D eigenvalue weighted by Gasteiger charge is -1.94. The van der Waals surface area contributed by atoms with Crippen LogP contribution in [0.3, 0.4) is 0 Å². The van der Waals surface area contributed by atoms with Crippen LogP contribution in [-0.2, 0) is 4.74 Å². The zero-order valence-electron chi connectivity index (χ0n) is 8.58. The first-order valence-electron chi connectivity index (χ1n) is 4.70. The van der Waals surface area contributed by atoms with E-state index in [1.54, 1.807) is 19.3 Å². The third kappa shape index (κ3) is 2.05. The fraction of sp³-hybridized carbons (Fsp3) is 0.200. The highest BCUT2D eigenvalue weighted by Crippen LogP contribution is 2.18. The van der Waals surface area contributed by atoms with E-state index in [1.807, 2.05) is 0 Å². The Balaban J connectivity index is 2.23. The molecule has 6 nitrogen and oxygen atoms in total. The SMILES string of the molecule is CCOC(=O)c1cc(-c2cncnc2)on1. The summed E-state index contributed by atoms with van der Waals surface area (Å²) in [6.45, 7) is 2.03. The van der Waals surface area contributed by atoms with Crippen molar-refractivity contribution >= 4 is 5.97 Å². The van der Waals surface area contributed by atoms with Crippen molar-refractivity contribution in [1.82, 2.24) is 15.1 Å². The topological polar surface area (TPSA) is 78.1 Å². The van der Waals surface area contributed by atoms with Crippen molar-refractivity contribution in [3.8, 4) is 11.3 Å². The molecule has 0 aliphatic heterocycles. The molecule has 2 aromatic rings. The summed E-state index contributed by atoms with van der Waals surface area (Å²) < 4.78 is 9.77. The Morgan fingerprint density at radius 1 is 1.44 bits per heavy atom. The molecule has 2 rings (SSSR count). The van der Waals surface area contributed by atoms with E-state index in [0.29, 0.717) is 17.9 Å². The third-order valence-corrected chi connectivity index (χ3v) is 1.84. The second-order valence-corrected chi connectivity index (χ2v) is 2.92. The number of rotatable bonds is 3. The molecule has 0 aliphatic carbocycles. The molecule has 0 unspecified atom stereocenters. The van der Waals surface area contributed by atoms with E-state index in [1.165, 1.54) is 12.4 Å². The second-order valence-electron chi connectivity index (χ2n) is 2.92. The van der Waals surface area contributed by atoms with E-state index in [9.17, 15) is 4.79 Å². The van der Waals surface area contributed by atoms with Crippen LogP contribution in [0.25, 0.3) is 11.3 Å². The Morgan fingerprint density at radius 3 is 2.88 bits per heavy atom. The molecule has 6 heteroatoms. The highest BCUT2D eigenvalue weighted by Gasteiger charge is 2.14. The third-order valence-electron chi connectivity index (χ3n) is 1.84. The molecule has 0 aromatic carbocycles. The Labute approximate surface area is 91.3 Å². The van der Waals surface area contributed by atoms with Gasteiger partial charge in [-0.3, -0.25) is 0 Å². The van der Waals surface area contributed by atoms with Gasteiger partial charge in [-0.15, -0.1) is 0 Å². The van der Waals surface area contributed by atoms with E-state index < -0.39 is 5.97 Å². The van der Waals surface area contributed by atoms with Crippen molar-refractivity contribution in [2.24, 2.45) is 0 Å². The molecule has 0 radical (unpaired) electrons. The van der Waals surface area contributed by atoms with Crippen LogP contribution in [0, 0.1) is 0 Å². The number of esters is 1. The molecule has 0 N–H and O–H groups in total. The fourth-order valence-electron chi connectivity index (χ4n) is 1.14. The lowest BCUT2D eigenvalue weighted by atomic mass is 10.2. The van der Waals surface area contributed by atoms with Crippen LogP contribution < -0.4 is 0 Å². The first-order chi connectivity index (χ1) is 7.81. The normalized spacial score (nSPS) is 10.1. The van der Waals surface area contributed by atoms with Crippen LogP contribution >= 0.6 is 0 Å². The summed E-state index contributed by atoms with van der Waals surface area (Å²) in [6, 6.07) is 1.50. The van der Waals surface area contributed by atoms with Gasteiger partial charge in [0.15, 0.2) is 11.5 Å². The summed E-state index contributed by atoms with van der Waals surface area (Å²) >= 11 is 0. The summed E-state index contributed by atoms with van der Waals surface area (Å²) in [5.41, 5.74) is 0.797. The Bertz CT molecular complexity index is 481. The van der Waals surface area contributed by atoms with Gasteiger partial charge < -0.3 is 9.26 Å². The van der Waals surface area contributed by atoms with E-state index >= 15 is 0 Å². The van der Waals surface area contributed by atoms with Gasteiger partial charge in [0.05, 0.1) is 12.2 Å². The van der Waals surface area contributed by atoms with E-state index in [0.717, 1.165) is 0 Å². The minimum absolute atomic E-state index is 0.140. The number of carbonyl (C=O) groups excluding carboxylic acids is 1. The van der Waals surface area contributed by atoms with Gasteiger partial charge in [0.2, 0.25) is 0 Å². The van der Waals surface area contributed by atoms with Crippen LogP contribution in [0.2, 0.25) is 0 Å². The van der Waals surface area contributed by atoms with Gasteiger partial charge >= 0.3 is 5.97 Å². The molecule has 2 aromatic heterocycles. The maximum Gasteiger partial charge on any atom is 0.360 e. The zero-order chi connectivity index (χ0) is 11.4. The van der Waals surface area contributed by atoms with E-state index in [-0.39, 0.29) is 5.69 Å². The van der Waals surface area contributed by atoms with Crippen LogP contribution in [0.5, 0.6) is 0 Å². The lowest BCUT2D eigenvalue weighted by Crippen LogP contribution is -2.04. The highest BCUT2D eigenvalue weighted by molar-refractivity contribution is 5.88. The van der Waals surface area contributed by atoms with Crippen molar-refractivity contribution in [2.75, 3.05) is 6.61 Å². The molecule has 0 aliphatic rings. The van der Waals surface area contributed by atoms with Crippen LogP contribution in [-0.4, -0.2) is 27.7 Å².